The number of aryl methyl sites for hydroxylation is 2. The van der Waals surface area contributed by atoms with Crippen molar-refractivity contribution in [2.24, 2.45) is 5.73 Å². The van der Waals surface area contributed by atoms with Gasteiger partial charge in [-0.15, -0.1) is 11.3 Å². The van der Waals surface area contributed by atoms with Gasteiger partial charge in [0.25, 0.3) is 5.91 Å². The van der Waals surface area contributed by atoms with Gasteiger partial charge in [-0.3, -0.25) is 9.48 Å². The number of nitrogens with zero attached hydrogens (tertiary/aromatic N) is 2. The molecular formula is C21H22FIN4OS. The number of carbonyl (C=O) groups excluding carboxylic acids is 1. The molecule has 1 amide bonds. The molecule has 8 heteroatoms. The third-order valence-corrected chi connectivity index (χ3v) is 7.18. The van der Waals surface area contributed by atoms with Gasteiger partial charge in [0, 0.05) is 39.6 Å². The van der Waals surface area contributed by atoms with Crippen molar-refractivity contribution in [2.75, 3.05) is 6.54 Å². The molecule has 1 aromatic carbocycles. The zero-order valence-corrected chi connectivity index (χ0v) is 18.8. The second-order valence-electron chi connectivity index (χ2n) is 7.13. The fraction of sp³-hybridized carbons (Fsp3) is 0.333. The van der Waals surface area contributed by atoms with Crippen molar-refractivity contribution < 1.29 is 9.18 Å². The first kappa shape index (κ1) is 20.5. The maximum absolute atomic E-state index is 14.0. The molecule has 1 unspecified atom stereocenters. The standard InChI is InChI=1S/C21H22FIN4OS/c22-17-5-2-1-4-13(17)8-15(11-24)26-21(28)19-9-16-18(29-19)6-3-7-27-20(16)14(10-23)12-25-27/h1-2,4-5,9,12,15H,3,6-8,10-11,24H2,(H,26,28). The second kappa shape index (κ2) is 8.93. The SMILES string of the molecule is NCC(Cc1ccccc1F)NC(=O)c1cc2c(s1)CCCn1ncc(CI)c1-2. The number of halogens is 2. The molecule has 0 saturated heterocycles. The van der Waals surface area contributed by atoms with Crippen LogP contribution in [0, 0.1) is 5.82 Å². The van der Waals surface area contributed by atoms with E-state index in [0.29, 0.717) is 16.9 Å². The van der Waals surface area contributed by atoms with Gasteiger partial charge < -0.3 is 11.1 Å². The van der Waals surface area contributed by atoms with Gasteiger partial charge >= 0.3 is 0 Å². The van der Waals surface area contributed by atoms with Gasteiger partial charge in [-0.05, 0) is 37.0 Å². The summed E-state index contributed by atoms with van der Waals surface area (Å²) in [6.45, 7) is 1.14. The van der Waals surface area contributed by atoms with E-state index in [-0.39, 0.29) is 24.3 Å². The molecule has 29 heavy (non-hydrogen) atoms. The summed E-state index contributed by atoms with van der Waals surface area (Å²) in [5.41, 5.74) is 9.84. The minimum Gasteiger partial charge on any atom is -0.347 e. The number of benzene rings is 1. The fourth-order valence-electron chi connectivity index (χ4n) is 3.70. The molecule has 4 rings (SSSR count). The molecule has 3 N–H and O–H groups in total. The maximum atomic E-state index is 14.0. The Bertz CT molecular complexity index is 1030. The quantitative estimate of drug-likeness (QED) is 0.379. The van der Waals surface area contributed by atoms with E-state index < -0.39 is 0 Å². The smallest absolute Gasteiger partial charge is 0.261 e. The normalized spacial score (nSPS) is 14.0. The average Bonchev–Trinajstić information content (AvgIpc) is 3.29. The monoisotopic (exact) mass is 524 g/mol. The number of aromatic nitrogens is 2. The number of alkyl halides is 1. The zero-order chi connectivity index (χ0) is 20.4. The van der Waals surface area contributed by atoms with Crippen LogP contribution in [0.25, 0.3) is 11.3 Å². The molecule has 3 aromatic rings. The van der Waals surface area contributed by atoms with Crippen LogP contribution in [0.1, 0.15) is 32.1 Å². The van der Waals surface area contributed by atoms with Crippen LogP contribution in [0.3, 0.4) is 0 Å². The number of hydrogen-bond acceptors (Lipinski definition) is 4. The van der Waals surface area contributed by atoms with Crippen molar-refractivity contribution in [3.05, 3.63) is 63.2 Å². The summed E-state index contributed by atoms with van der Waals surface area (Å²) in [5, 5.41) is 7.51. The Kier molecular flexibility index (Phi) is 6.31. The highest BCUT2D eigenvalue weighted by Crippen LogP contribution is 2.37. The lowest BCUT2D eigenvalue weighted by Gasteiger charge is -2.16. The van der Waals surface area contributed by atoms with Crippen molar-refractivity contribution >= 4 is 39.8 Å². The van der Waals surface area contributed by atoms with Gasteiger partial charge in [-0.2, -0.15) is 5.10 Å². The van der Waals surface area contributed by atoms with Crippen molar-refractivity contribution in [1.29, 1.82) is 0 Å². The predicted octanol–water partition coefficient (Wildman–Crippen LogP) is 3.93. The number of thiophene rings is 1. The highest BCUT2D eigenvalue weighted by atomic mass is 127. The molecule has 3 heterocycles. The van der Waals surface area contributed by atoms with Crippen molar-refractivity contribution in [3.63, 3.8) is 0 Å². The predicted molar refractivity (Wildman–Crippen MR) is 122 cm³/mol. The van der Waals surface area contributed by atoms with E-state index in [0.717, 1.165) is 35.1 Å². The van der Waals surface area contributed by atoms with Gasteiger partial charge in [-0.1, -0.05) is 40.8 Å². The first-order chi connectivity index (χ1) is 14.1. The zero-order valence-electron chi connectivity index (χ0n) is 15.8. The average molecular weight is 524 g/mol. The Morgan fingerprint density at radius 1 is 1.38 bits per heavy atom. The van der Waals surface area contributed by atoms with Gasteiger partial charge in [0.05, 0.1) is 16.8 Å². The van der Waals surface area contributed by atoms with Crippen LogP contribution in [-0.2, 0) is 23.8 Å². The van der Waals surface area contributed by atoms with Crippen molar-refractivity contribution in [3.8, 4) is 11.3 Å². The first-order valence-electron chi connectivity index (χ1n) is 9.58. The summed E-state index contributed by atoms with van der Waals surface area (Å²) in [6, 6.07) is 8.25. The van der Waals surface area contributed by atoms with Crippen LogP contribution in [0.4, 0.5) is 4.39 Å². The second-order valence-corrected chi connectivity index (χ2v) is 9.03. The Balaban J connectivity index is 1.56. The van der Waals surface area contributed by atoms with Crippen LogP contribution in [-0.4, -0.2) is 28.3 Å². The molecule has 0 radical (unpaired) electrons. The molecule has 2 aromatic heterocycles. The molecule has 0 bridgehead atoms. The lowest BCUT2D eigenvalue weighted by atomic mass is 10.1. The number of rotatable bonds is 6. The van der Waals surface area contributed by atoms with E-state index in [1.807, 2.05) is 12.3 Å². The van der Waals surface area contributed by atoms with Crippen LogP contribution in [0.2, 0.25) is 0 Å². The number of nitrogens with two attached hydrogens (primary N) is 1. The van der Waals surface area contributed by atoms with Crippen molar-refractivity contribution in [1.82, 2.24) is 15.1 Å². The fourth-order valence-corrected chi connectivity index (χ4v) is 5.36. The minimum atomic E-state index is -0.322. The first-order valence-corrected chi connectivity index (χ1v) is 11.9. The third-order valence-electron chi connectivity index (χ3n) is 5.16. The molecular weight excluding hydrogens is 502 g/mol. The van der Waals surface area contributed by atoms with Crippen LogP contribution in [0.15, 0.2) is 36.5 Å². The largest absolute Gasteiger partial charge is 0.347 e. The number of amides is 1. The van der Waals surface area contributed by atoms with E-state index >= 15 is 0 Å². The summed E-state index contributed by atoms with van der Waals surface area (Å²) >= 11 is 3.88. The van der Waals surface area contributed by atoms with E-state index in [9.17, 15) is 9.18 Å². The van der Waals surface area contributed by atoms with Gasteiger partial charge in [0.15, 0.2) is 0 Å². The van der Waals surface area contributed by atoms with E-state index in [1.165, 1.54) is 27.8 Å². The molecule has 0 fully saturated rings. The molecule has 0 spiro atoms. The third kappa shape index (κ3) is 4.24. The molecule has 152 valence electrons. The van der Waals surface area contributed by atoms with Gasteiger partial charge in [0.2, 0.25) is 0 Å². The number of fused-ring (bicyclic) bond motifs is 3. The lowest BCUT2D eigenvalue weighted by Crippen LogP contribution is -2.41. The summed E-state index contributed by atoms with van der Waals surface area (Å²) in [4.78, 5) is 14.8. The molecule has 0 saturated carbocycles. The number of nitrogens with one attached hydrogen (secondary N) is 1. The van der Waals surface area contributed by atoms with Gasteiger partial charge in [0.1, 0.15) is 5.82 Å². The van der Waals surface area contributed by atoms with Gasteiger partial charge in [-0.25, -0.2) is 4.39 Å². The summed E-state index contributed by atoms with van der Waals surface area (Å²) in [5.74, 6) is -0.431. The van der Waals surface area contributed by atoms with E-state index in [1.54, 1.807) is 18.2 Å². The highest BCUT2D eigenvalue weighted by molar-refractivity contribution is 14.1. The Morgan fingerprint density at radius 2 is 2.21 bits per heavy atom. The summed E-state index contributed by atoms with van der Waals surface area (Å²) in [7, 11) is 0. The van der Waals surface area contributed by atoms with Crippen LogP contribution >= 0.6 is 33.9 Å². The topological polar surface area (TPSA) is 72.9 Å². The molecule has 5 nitrogen and oxygen atoms in total. The Labute approximate surface area is 186 Å². The highest BCUT2D eigenvalue weighted by Gasteiger charge is 2.24. The van der Waals surface area contributed by atoms with E-state index in [4.69, 9.17) is 5.73 Å². The Morgan fingerprint density at radius 3 is 2.97 bits per heavy atom. The van der Waals surface area contributed by atoms with E-state index in [2.05, 4.69) is 37.7 Å². The van der Waals surface area contributed by atoms with Crippen molar-refractivity contribution in [2.45, 2.75) is 36.3 Å². The molecule has 1 aliphatic rings. The molecule has 1 aliphatic heterocycles. The summed E-state index contributed by atoms with van der Waals surface area (Å²) < 4.78 is 16.9. The maximum Gasteiger partial charge on any atom is 0.261 e. The Hall–Kier alpha value is -1.78. The number of carbonyl (C=O) groups is 1. The van der Waals surface area contributed by atoms with Crippen LogP contribution in [0.5, 0.6) is 0 Å². The lowest BCUT2D eigenvalue weighted by molar-refractivity contribution is 0.0942. The molecule has 0 aliphatic carbocycles. The summed E-state index contributed by atoms with van der Waals surface area (Å²) in [6.07, 6.45) is 4.23. The number of hydrogen-bond donors (Lipinski definition) is 2. The van der Waals surface area contributed by atoms with Crippen LogP contribution < -0.4 is 11.1 Å². The minimum absolute atomic E-state index is 0.156. The molecule has 1 atom stereocenters.